The Bertz CT molecular complexity index is 1660. The van der Waals surface area contributed by atoms with Crippen molar-refractivity contribution in [2.45, 2.75) is 55.9 Å². The lowest BCUT2D eigenvalue weighted by molar-refractivity contribution is 0.107. The molecule has 0 radical (unpaired) electrons. The van der Waals surface area contributed by atoms with Gasteiger partial charge in [-0.2, -0.15) is 9.97 Å². The summed E-state index contributed by atoms with van der Waals surface area (Å²) in [6, 6.07) is 11.8. The smallest absolute Gasteiger partial charge is 0.319 e. The minimum atomic E-state index is -0.829. The van der Waals surface area contributed by atoms with Gasteiger partial charge >= 0.3 is 6.01 Å². The Morgan fingerprint density at radius 2 is 1.95 bits per heavy atom. The zero-order valence-electron chi connectivity index (χ0n) is 22.6. The van der Waals surface area contributed by atoms with Crippen LogP contribution in [0.1, 0.15) is 32.1 Å². The Labute approximate surface area is 241 Å². The number of hydrogen-bond donors (Lipinski definition) is 2. The molecule has 8 rings (SSSR count). The van der Waals surface area contributed by atoms with Crippen LogP contribution in [0.3, 0.4) is 0 Å². The molecule has 2 unspecified atom stereocenters. The van der Waals surface area contributed by atoms with Gasteiger partial charge in [-0.1, -0.05) is 23.7 Å². The molecule has 4 saturated heterocycles. The molecule has 0 spiro atoms. The first-order chi connectivity index (χ1) is 19.9. The molecule has 4 atom stereocenters. The molecule has 4 fully saturated rings. The van der Waals surface area contributed by atoms with E-state index >= 15 is 0 Å². The van der Waals surface area contributed by atoms with Crippen molar-refractivity contribution in [1.29, 1.82) is 0 Å². The predicted molar refractivity (Wildman–Crippen MR) is 155 cm³/mol. The Hall–Kier alpha value is -3.34. The molecule has 0 amide bonds. The number of aromatic nitrogens is 4. The molecule has 4 aliphatic rings. The number of benzene rings is 2. The third-order valence-electron chi connectivity index (χ3n) is 9.34. The monoisotopic (exact) mass is 575 g/mol. The maximum Gasteiger partial charge on any atom is 0.319 e. The van der Waals surface area contributed by atoms with Crippen LogP contribution in [-0.4, -0.2) is 86.8 Å². The summed E-state index contributed by atoms with van der Waals surface area (Å²) in [7, 11) is 0. The number of aromatic hydroxyl groups is 1. The van der Waals surface area contributed by atoms with Gasteiger partial charge in [0.05, 0.1) is 11.2 Å². The van der Waals surface area contributed by atoms with E-state index in [2.05, 4.69) is 25.3 Å². The Balaban J connectivity index is 1.23. The van der Waals surface area contributed by atoms with E-state index in [1.54, 1.807) is 12.1 Å². The highest BCUT2D eigenvalue weighted by molar-refractivity contribution is 6.36. The SMILES string of the molecule is Oc1cc(-c2cc3nc(OC[C@@]45CCCN4C[C@H](F)C5)nc(N4CC5CCC(C4)N5)c3nn2)c2c(Cl)cccc2c1. The third-order valence-corrected chi connectivity index (χ3v) is 9.65. The second-order valence-electron chi connectivity index (χ2n) is 12.0. The van der Waals surface area contributed by atoms with Gasteiger partial charge in [-0.25, -0.2) is 4.39 Å². The molecule has 2 N–H and O–H groups in total. The summed E-state index contributed by atoms with van der Waals surface area (Å²) in [6.07, 6.45) is 3.88. The standard InChI is InChI=1S/C30H31ClFN7O2/c31-23-4-1-3-17-9-21(40)10-22(26(17)23)24-11-25-27(37-36-24)28(38-14-19-5-6-20(15-38)33-19)35-29(34-25)41-16-30-7-2-8-39(30)13-18(32)12-30/h1,3-4,9-11,18-20,33,40H,2,5-8,12-16H2/t18-,19?,20?,30+/m1/s1. The topological polar surface area (TPSA) is 99.5 Å². The summed E-state index contributed by atoms with van der Waals surface area (Å²) < 4.78 is 20.7. The van der Waals surface area contributed by atoms with E-state index in [9.17, 15) is 9.50 Å². The Morgan fingerprint density at radius 1 is 1.10 bits per heavy atom. The van der Waals surface area contributed by atoms with Crippen LogP contribution in [-0.2, 0) is 0 Å². The molecule has 9 nitrogen and oxygen atoms in total. The number of ether oxygens (including phenoxy) is 1. The van der Waals surface area contributed by atoms with E-state index in [4.69, 9.17) is 26.3 Å². The maximum absolute atomic E-state index is 14.4. The van der Waals surface area contributed by atoms with Crippen LogP contribution in [0.5, 0.6) is 11.8 Å². The second kappa shape index (κ2) is 9.61. The first kappa shape index (κ1) is 25.4. The zero-order valence-corrected chi connectivity index (χ0v) is 23.3. The molecule has 212 valence electrons. The molecule has 2 bridgehead atoms. The highest BCUT2D eigenvalue weighted by Gasteiger charge is 2.49. The molecule has 41 heavy (non-hydrogen) atoms. The van der Waals surface area contributed by atoms with Crippen molar-refractivity contribution in [2.24, 2.45) is 0 Å². The van der Waals surface area contributed by atoms with Crippen molar-refractivity contribution in [3.63, 3.8) is 0 Å². The highest BCUT2D eigenvalue weighted by Crippen LogP contribution is 2.41. The van der Waals surface area contributed by atoms with Crippen molar-refractivity contribution in [2.75, 3.05) is 37.7 Å². The van der Waals surface area contributed by atoms with Crippen LogP contribution in [0.2, 0.25) is 5.02 Å². The number of hydrogen-bond acceptors (Lipinski definition) is 9. The van der Waals surface area contributed by atoms with Gasteiger partial charge in [-0.3, -0.25) is 4.90 Å². The van der Waals surface area contributed by atoms with Crippen LogP contribution >= 0.6 is 11.6 Å². The van der Waals surface area contributed by atoms with Crippen LogP contribution in [0.4, 0.5) is 10.2 Å². The highest BCUT2D eigenvalue weighted by atomic mass is 35.5. The van der Waals surface area contributed by atoms with Gasteiger partial charge < -0.3 is 20.1 Å². The fourth-order valence-corrected chi connectivity index (χ4v) is 7.78. The van der Waals surface area contributed by atoms with Gasteiger partial charge in [-0.15, -0.1) is 10.2 Å². The average molecular weight is 576 g/mol. The van der Waals surface area contributed by atoms with Gasteiger partial charge in [0, 0.05) is 54.1 Å². The molecule has 0 saturated carbocycles. The van der Waals surface area contributed by atoms with Crippen LogP contribution in [0.25, 0.3) is 33.1 Å². The molecule has 2 aromatic carbocycles. The predicted octanol–water partition coefficient (Wildman–Crippen LogP) is 4.49. The Morgan fingerprint density at radius 3 is 2.80 bits per heavy atom. The van der Waals surface area contributed by atoms with Crippen molar-refractivity contribution < 1.29 is 14.2 Å². The number of nitrogens with zero attached hydrogens (tertiary/aromatic N) is 6. The summed E-state index contributed by atoms with van der Waals surface area (Å²) in [5.41, 5.74) is 2.11. The fourth-order valence-electron chi connectivity index (χ4n) is 7.50. The normalized spacial score (nSPS) is 27.7. The lowest BCUT2D eigenvalue weighted by Crippen LogP contribution is -2.51. The summed E-state index contributed by atoms with van der Waals surface area (Å²) in [5, 5.41) is 25.5. The third kappa shape index (κ3) is 4.35. The summed E-state index contributed by atoms with van der Waals surface area (Å²) in [5.74, 6) is 0.820. The lowest BCUT2D eigenvalue weighted by atomic mass is 9.95. The maximum atomic E-state index is 14.4. The molecule has 11 heteroatoms. The van der Waals surface area contributed by atoms with Crippen LogP contribution in [0.15, 0.2) is 36.4 Å². The number of rotatable bonds is 5. The molecule has 2 aromatic heterocycles. The zero-order chi connectivity index (χ0) is 27.7. The average Bonchev–Trinajstić information content (AvgIpc) is 3.61. The molecule has 0 aliphatic carbocycles. The van der Waals surface area contributed by atoms with E-state index in [0.29, 0.717) is 64.8 Å². The van der Waals surface area contributed by atoms with Crippen molar-refractivity contribution >= 4 is 39.2 Å². The minimum Gasteiger partial charge on any atom is -0.508 e. The summed E-state index contributed by atoms with van der Waals surface area (Å²) in [6.45, 7) is 3.36. The quantitative estimate of drug-likeness (QED) is 0.356. The lowest BCUT2D eigenvalue weighted by Gasteiger charge is -2.34. The van der Waals surface area contributed by atoms with E-state index in [-0.39, 0.29) is 17.3 Å². The number of alkyl halides is 1. The number of fused-ring (bicyclic) bond motifs is 5. The van der Waals surface area contributed by atoms with Gasteiger partial charge in [0.2, 0.25) is 0 Å². The molecule has 6 heterocycles. The molecule has 4 aliphatic heterocycles. The largest absolute Gasteiger partial charge is 0.508 e. The first-order valence-electron chi connectivity index (χ1n) is 14.4. The molecule has 4 aromatic rings. The number of phenolic OH excluding ortho intramolecular Hbond substituents is 1. The summed E-state index contributed by atoms with van der Waals surface area (Å²) in [4.78, 5) is 14.2. The van der Waals surface area contributed by atoms with E-state index in [0.717, 1.165) is 56.1 Å². The number of phenols is 1. The number of anilines is 1. The number of nitrogens with one attached hydrogen (secondary N) is 1. The van der Waals surface area contributed by atoms with E-state index < -0.39 is 6.17 Å². The Kier molecular flexibility index (Phi) is 5.95. The number of piperazine rings is 1. The first-order valence-corrected chi connectivity index (χ1v) is 14.8. The van der Waals surface area contributed by atoms with Crippen molar-refractivity contribution in [1.82, 2.24) is 30.4 Å². The van der Waals surface area contributed by atoms with Crippen molar-refractivity contribution in [3.8, 4) is 23.0 Å². The van der Waals surface area contributed by atoms with E-state index in [1.165, 1.54) is 0 Å². The summed E-state index contributed by atoms with van der Waals surface area (Å²) >= 11 is 6.61. The molecular formula is C30H31ClFN7O2. The minimum absolute atomic E-state index is 0.114. The van der Waals surface area contributed by atoms with Crippen molar-refractivity contribution in [3.05, 3.63) is 41.4 Å². The number of halogens is 2. The van der Waals surface area contributed by atoms with Gasteiger partial charge in [0.25, 0.3) is 0 Å². The van der Waals surface area contributed by atoms with Gasteiger partial charge in [-0.05, 0) is 61.9 Å². The van der Waals surface area contributed by atoms with Crippen LogP contribution in [0, 0.1) is 0 Å². The molecular weight excluding hydrogens is 545 g/mol. The van der Waals surface area contributed by atoms with Gasteiger partial charge in [0.15, 0.2) is 11.3 Å². The van der Waals surface area contributed by atoms with Crippen LogP contribution < -0.4 is 15.0 Å². The second-order valence-corrected chi connectivity index (χ2v) is 12.4. The van der Waals surface area contributed by atoms with Gasteiger partial charge in [0.1, 0.15) is 24.0 Å². The van der Waals surface area contributed by atoms with E-state index in [1.807, 2.05) is 24.3 Å². The fraction of sp³-hybridized carbons (Fsp3) is 0.467.